The van der Waals surface area contributed by atoms with Crippen molar-refractivity contribution >= 4 is 70.9 Å². The molecular formula is C22H9N3O6. The van der Waals surface area contributed by atoms with E-state index in [0.717, 1.165) is 16.2 Å². The Morgan fingerprint density at radius 3 is 1.74 bits per heavy atom. The predicted octanol–water partition coefficient (Wildman–Crippen LogP) is 6.05. The zero-order valence-electron chi connectivity index (χ0n) is 15.5. The number of nitro groups is 3. The van der Waals surface area contributed by atoms with Crippen LogP contribution in [0.3, 0.4) is 0 Å². The summed E-state index contributed by atoms with van der Waals surface area (Å²) in [5.41, 5.74) is -2.10. The van der Waals surface area contributed by atoms with E-state index in [2.05, 4.69) is 0 Å². The standard InChI is InChI=1S/C22H9N3O6/c26-23(27)15-9-11-4-2-6-13-12-5-1-3-10-7-8-14-18(16(10)12)20(17(11)13)19(15)22(25(30)31)21(14)24(28)29/h1-9H. The number of hydrogen-bond acceptors (Lipinski definition) is 6. The van der Waals surface area contributed by atoms with Gasteiger partial charge in [-0.15, -0.1) is 0 Å². The van der Waals surface area contributed by atoms with Crippen LogP contribution in [-0.4, -0.2) is 14.8 Å². The van der Waals surface area contributed by atoms with E-state index in [-0.39, 0.29) is 10.8 Å². The van der Waals surface area contributed by atoms with Crippen molar-refractivity contribution in [2.75, 3.05) is 0 Å². The molecule has 0 saturated heterocycles. The number of fused-ring (bicyclic) bond motifs is 1. The average Bonchev–Trinajstić information content (AvgIpc) is 2.75. The second kappa shape index (κ2) is 5.48. The zero-order valence-corrected chi connectivity index (χ0v) is 15.5. The van der Waals surface area contributed by atoms with Gasteiger partial charge in [-0.1, -0.05) is 42.5 Å². The van der Waals surface area contributed by atoms with Crippen LogP contribution >= 0.6 is 0 Å². The van der Waals surface area contributed by atoms with Crippen LogP contribution < -0.4 is 0 Å². The largest absolute Gasteiger partial charge is 0.361 e. The summed E-state index contributed by atoms with van der Waals surface area (Å²) in [7, 11) is 0. The fourth-order valence-electron chi connectivity index (χ4n) is 4.97. The predicted molar refractivity (Wildman–Crippen MR) is 116 cm³/mol. The highest BCUT2D eigenvalue weighted by Gasteiger charge is 2.38. The van der Waals surface area contributed by atoms with Gasteiger partial charge in [0.25, 0.3) is 5.69 Å². The van der Waals surface area contributed by atoms with Gasteiger partial charge in [0.2, 0.25) is 0 Å². The molecule has 6 aromatic carbocycles. The molecule has 0 saturated carbocycles. The summed E-state index contributed by atoms with van der Waals surface area (Å²) in [6.45, 7) is 0. The fraction of sp³-hybridized carbons (Fsp3) is 0. The van der Waals surface area contributed by atoms with Gasteiger partial charge < -0.3 is 0 Å². The van der Waals surface area contributed by atoms with Crippen LogP contribution in [0.1, 0.15) is 0 Å². The van der Waals surface area contributed by atoms with Crippen molar-refractivity contribution in [1.29, 1.82) is 0 Å². The lowest BCUT2D eigenvalue weighted by molar-refractivity contribution is -0.420. The molecule has 31 heavy (non-hydrogen) atoms. The van der Waals surface area contributed by atoms with E-state index in [0.29, 0.717) is 26.9 Å². The molecule has 0 aliphatic rings. The monoisotopic (exact) mass is 411 g/mol. The number of rotatable bonds is 3. The van der Waals surface area contributed by atoms with Crippen LogP contribution in [0.15, 0.2) is 54.6 Å². The number of non-ortho nitro benzene ring substituents is 1. The molecule has 9 heteroatoms. The van der Waals surface area contributed by atoms with E-state index >= 15 is 0 Å². The molecule has 6 aromatic rings. The first-order valence-electron chi connectivity index (χ1n) is 9.24. The third kappa shape index (κ3) is 1.94. The maximum Gasteiger partial charge on any atom is 0.361 e. The summed E-state index contributed by atoms with van der Waals surface area (Å²) in [5.74, 6) is 0. The maximum atomic E-state index is 12.0. The molecule has 0 N–H and O–H groups in total. The Hall–Kier alpha value is -4.66. The van der Waals surface area contributed by atoms with Crippen LogP contribution in [0.25, 0.3) is 53.9 Å². The van der Waals surface area contributed by atoms with Crippen molar-refractivity contribution in [3.05, 3.63) is 84.9 Å². The Balaban J connectivity index is 2.16. The van der Waals surface area contributed by atoms with Gasteiger partial charge in [0, 0.05) is 16.8 Å². The molecule has 0 bridgehead atoms. The summed E-state index contributed by atoms with van der Waals surface area (Å²) in [6, 6.07) is 15.4. The van der Waals surface area contributed by atoms with Crippen LogP contribution in [0.2, 0.25) is 0 Å². The zero-order chi connectivity index (χ0) is 21.6. The van der Waals surface area contributed by atoms with Gasteiger partial charge in [-0.2, -0.15) is 0 Å². The Morgan fingerprint density at radius 2 is 1.13 bits per heavy atom. The molecule has 148 valence electrons. The third-order valence-electron chi connectivity index (χ3n) is 6.01. The van der Waals surface area contributed by atoms with Crippen LogP contribution in [0, 0.1) is 30.3 Å². The highest BCUT2D eigenvalue weighted by Crippen LogP contribution is 2.53. The number of nitro benzene ring substituents is 3. The van der Waals surface area contributed by atoms with Crippen molar-refractivity contribution < 1.29 is 14.8 Å². The van der Waals surface area contributed by atoms with Crippen LogP contribution in [0.5, 0.6) is 0 Å². The molecule has 0 heterocycles. The van der Waals surface area contributed by atoms with Crippen molar-refractivity contribution in [1.82, 2.24) is 0 Å². The van der Waals surface area contributed by atoms with Crippen LogP contribution in [-0.2, 0) is 0 Å². The second-order valence-electron chi connectivity index (χ2n) is 7.41. The highest BCUT2D eigenvalue weighted by atomic mass is 16.6. The van der Waals surface area contributed by atoms with E-state index in [1.165, 1.54) is 12.1 Å². The summed E-state index contributed by atoms with van der Waals surface area (Å²) < 4.78 is 0. The van der Waals surface area contributed by atoms with Crippen molar-refractivity contribution in [2.24, 2.45) is 0 Å². The molecule has 0 amide bonds. The smallest absolute Gasteiger partial charge is 0.258 e. The molecule has 0 aliphatic carbocycles. The minimum absolute atomic E-state index is 0.0976. The Kier molecular flexibility index (Phi) is 3.04. The molecule has 0 spiro atoms. The van der Waals surface area contributed by atoms with Gasteiger partial charge in [0.05, 0.1) is 20.2 Å². The van der Waals surface area contributed by atoms with Gasteiger partial charge in [-0.25, -0.2) is 0 Å². The molecule has 6 rings (SSSR count). The first kappa shape index (κ1) is 17.2. The molecule has 0 radical (unpaired) electrons. The maximum absolute atomic E-state index is 12.0. The van der Waals surface area contributed by atoms with Crippen molar-refractivity contribution in [3.8, 4) is 0 Å². The minimum Gasteiger partial charge on any atom is -0.258 e. The fourth-order valence-corrected chi connectivity index (χ4v) is 4.97. The summed E-state index contributed by atoms with van der Waals surface area (Å²) in [4.78, 5) is 33.6. The van der Waals surface area contributed by atoms with Crippen molar-refractivity contribution in [2.45, 2.75) is 0 Å². The lowest BCUT2D eigenvalue weighted by atomic mass is 9.84. The quantitative estimate of drug-likeness (QED) is 0.151. The second-order valence-corrected chi connectivity index (χ2v) is 7.41. The molecule has 0 unspecified atom stereocenters. The molecule has 0 aliphatic heterocycles. The highest BCUT2D eigenvalue weighted by molar-refractivity contribution is 6.43. The lowest BCUT2D eigenvalue weighted by Gasteiger charge is -2.18. The minimum atomic E-state index is -0.890. The third-order valence-corrected chi connectivity index (χ3v) is 6.01. The van der Waals surface area contributed by atoms with Gasteiger partial charge >= 0.3 is 11.4 Å². The summed E-state index contributed by atoms with van der Waals surface area (Å²) >= 11 is 0. The number of hydrogen-bond donors (Lipinski definition) is 0. The van der Waals surface area contributed by atoms with Gasteiger partial charge in [-0.05, 0) is 38.4 Å². The molecule has 0 atom stereocenters. The number of benzene rings is 6. The molecule has 9 nitrogen and oxygen atoms in total. The topological polar surface area (TPSA) is 129 Å². The van der Waals surface area contributed by atoms with Gasteiger partial charge in [0.1, 0.15) is 5.39 Å². The van der Waals surface area contributed by atoms with Crippen molar-refractivity contribution in [3.63, 3.8) is 0 Å². The Morgan fingerprint density at radius 1 is 0.516 bits per heavy atom. The SMILES string of the molecule is O=[N+]([O-])c1c([N+](=O)[O-])c2c([N+](=O)[O-])cc3cccc4c5cccc6ccc1c(c65)c2c34. The molecule has 0 aromatic heterocycles. The average molecular weight is 411 g/mol. The van der Waals surface area contributed by atoms with E-state index in [1.807, 2.05) is 24.3 Å². The normalized spacial score (nSPS) is 12.0. The summed E-state index contributed by atoms with van der Waals surface area (Å²) in [6.07, 6.45) is 0. The Labute approximate surface area is 171 Å². The van der Waals surface area contributed by atoms with E-state index in [9.17, 15) is 30.3 Å². The van der Waals surface area contributed by atoms with Gasteiger partial charge in [0.15, 0.2) is 0 Å². The van der Waals surface area contributed by atoms with E-state index in [1.54, 1.807) is 18.2 Å². The van der Waals surface area contributed by atoms with E-state index in [4.69, 9.17) is 0 Å². The summed E-state index contributed by atoms with van der Waals surface area (Å²) in [5, 5.41) is 40.8. The van der Waals surface area contributed by atoms with Crippen LogP contribution in [0.4, 0.5) is 17.1 Å². The van der Waals surface area contributed by atoms with E-state index < -0.39 is 31.8 Å². The number of nitrogens with zero attached hydrogens (tertiary/aromatic N) is 3. The molecular weight excluding hydrogens is 402 g/mol. The van der Waals surface area contributed by atoms with Gasteiger partial charge in [-0.3, -0.25) is 30.3 Å². The molecule has 0 fully saturated rings. The first-order chi connectivity index (χ1) is 14.9. The Bertz CT molecular complexity index is 1780. The lowest BCUT2D eigenvalue weighted by Crippen LogP contribution is -2.03. The first-order valence-corrected chi connectivity index (χ1v) is 9.24.